The molecule has 2 heterocycles. The Labute approximate surface area is 117 Å². The van der Waals surface area contributed by atoms with Crippen LogP contribution in [0.25, 0.3) is 0 Å². The molecule has 1 aliphatic carbocycles. The van der Waals surface area contributed by atoms with Crippen LogP contribution in [0.4, 0.5) is 5.13 Å². The highest BCUT2D eigenvalue weighted by atomic mass is 32.2. The van der Waals surface area contributed by atoms with E-state index in [9.17, 15) is 8.42 Å². The van der Waals surface area contributed by atoms with Crippen molar-refractivity contribution in [3.05, 3.63) is 11.1 Å². The number of sulfone groups is 1. The number of nitrogens with one attached hydrogen (secondary N) is 1. The highest BCUT2D eigenvalue weighted by molar-refractivity contribution is 7.91. The van der Waals surface area contributed by atoms with Gasteiger partial charge >= 0.3 is 0 Å². The first kappa shape index (κ1) is 13.3. The van der Waals surface area contributed by atoms with Gasteiger partial charge in [-0.1, -0.05) is 0 Å². The molecule has 1 unspecified atom stereocenters. The first-order valence-electron chi connectivity index (χ1n) is 6.64. The monoisotopic (exact) mass is 301 g/mol. The zero-order valence-corrected chi connectivity index (χ0v) is 12.6. The third kappa shape index (κ3) is 3.27. The SMILES string of the molecule is CN(c1nc(CNC2CC2)cs1)C1CCS(=O)(=O)C1. The first-order valence-corrected chi connectivity index (χ1v) is 9.35. The fraction of sp³-hybridized carbons (Fsp3) is 0.750. The second-order valence-electron chi connectivity index (χ2n) is 5.44. The van der Waals surface area contributed by atoms with E-state index >= 15 is 0 Å². The molecule has 0 aromatic carbocycles. The molecule has 19 heavy (non-hydrogen) atoms. The molecule has 1 saturated heterocycles. The molecular weight excluding hydrogens is 282 g/mol. The maximum Gasteiger partial charge on any atom is 0.185 e. The van der Waals surface area contributed by atoms with Gasteiger partial charge in [-0.25, -0.2) is 13.4 Å². The van der Waals surface area contributed by atoms with Gasteiger partial charge in [-0.2, -0.15) is 0 Å². The van der Waals surface area contributed by atoms with Crippen LogP contribution in [0.5, 0.6) is 0 Å². The molecule has 1 aliphatic heterocycles. The fourth-order valence-corrected chi connectivity index (χ4v) is 4.95. The van der Waals surface area contributed by atoms with Crippen molar-refractivity contribution in [1.29, 1.82) is 0 Å². The van der Waals surface area contributed by atoms with Crippen molar-refractivity contribution < 1.29 is 8.42 Å². The second kappa shape index (κ2) is 5.03. The molecule has 2 aliphatic rings. The fourth-order valence-electron chi connectivity index (χ4n) is 2.31. The predicted molar refractivity (Wildman–Crippen MR) is 77.4 cm³/mol. The van der Waals surface area contributed by atoms with Crippen molar-refractivity contribution in [2.45, 2.75) is 37.9 Å². The summed E-state index contributed by atoms with van der Waals surface area (Å²) in [6.45, 7) is 0.817. The molecule has 0 radical (unpaired) electrons. The van der Waals surface area contributed by atoms with Crippen LogP contribution in [0.15, 0.2) is 5.38 Å². The Morgan fingerprint density at radius 2 is 2.26 bits per heavy atom. The standard InChI is InChI=1S/C12H19N3O2S2/c1-15(11-4-5-19(16,17)8-11)12-14-10(7-18-12)6-13-9-2-3-9/h7,9,11,13H,2-6,8H2,1H3. The largest absolute Gasteiger partial charge is 0.347 e. The summed E-state index contributed by atoms with van der Waals surface area (Å²) in [5.41, 5.74) is 1.06. The lowest BCUT2D eigenvalue weighted by Crippen LogP contribution is -2.32. The third-order valence-electron chi connectivity index (χ3n) is 3.75. The summed E-state index contributed by atoms with van der Waals surface area (Å²) < 4.78 is 23.0. The van der Waals surface area contributed by atoms with Crippen molar-refractivity contribution in [3.63, 3.8) is 0 Å². The Balaban J connectivity index is 1.61. The molecule has 3 rings (SSSR count). The van der Waals surface area contributed by atoms with Crippen LogP contribution >= 0.6 is 11.3 Å². The van der Waals surface area contributed by atoms with E-state index in [1.54, 1.807) is 11.3 Å². The summed E-state index contributed by atoms with van der Waals surface area (Å²) in [5.74, 6) is 0.572. The smallest absolute Gasteiger partial charge is 0.185 e. The highest BCUT2D eigenvalue weighted by Crippen LogP contribution is 2.26. The number of nitrogens with zero attached hydrogens (tertiary/aromatic N) is 2. The van der Waals surface area contributed by atoms with Crippen molar-refractivity contribution >= 4 is 26.3 Å². The van der Waals surface area contributed by atoms with Gasteiger partial charge < -0.3 is 10.2 Å². The van der Waals surface area contributed by atoms with Crippen molar-refractivity contribution in [2.24, 2.45) is 0 Å². The molecular formula is C12H19N3O2S2. The van der Waals surface area contributed by atoms with E-state index in [4.69, 9.17) is 0 Å². The van der Waals surface area contributed by atoms with Crippen LogP contribution in [-0.2, 0) is 16.4 Å². The van der Waals surface area contributed by atoms with Crippen LogP contribution < -0.4 is 10.2 Å². The van der Waals surface area contributed by atoms with Crippen molar-refractivity contribution in [1.82, 2.24) is 10.3 Å². The maximum absolute atomic E-state index is 11.5. The van der Waals surface area contributed by atoms with E-state index < -0.39 is 9.84 Å². The van der Waals surface area contributed by atoms with Gasteiger partial charge in [0, 0.05) is 31.1 Å². The zero-order chi connectivity index (χ0) is 13.5. The predicted octanol–water partition coefficient (Wildman–Crippen LogP) is 1.02. The van der Waals surface area contributed by atoms with Crippen LogP contribution in [0.1, 0.15) is 25.0 Å². The summed E-state index contributed by atoms with van der Waals surface area (Å²) >= 11 is 1.60. The molecule has 0 bridgehead atoms. The molecule has 106 valence electrons. The minimum absolute atomic E-state index is 0.0837. The topological polar surface area (TPSA) is 62.3 Å². The van der Waals surface area contributed by atoms with Gasteiger partial charge in [0.15, 0.2) is 15.0 Å². The Morgan fingerprint density at radius 3 is 2.89 bits per heavy atom. The minimum atomic E-state index is -2.83. The number of hydrogen-bond acceptors (Lipinski definition) is 6. The van der Waals surface area contributed by atoms with Gasteiger partial charge in [0.2, 0.25) is 0 Å². The van der Waals surface area contributed by atoms with Gasteiger partial charge in [0.05, 0.1) is 17.2 Å². The van der Waals surface area contributed by atoms with E-state index in [-0.39, 0.29) is 11.8 Å². The lowest BCUT2D eigenvalue weighted by Gasteiger charge is -2.22. The van der Waals surface area contributed by atoms with Gasteiger partial charge in [0.1, 0.15) is 0 Å². The number of hydrogen-bond donors (Lipinski definition) is 1. The maximum atomic E-state index is 11.5. The average molecular weight is 301 g/mol. The quantitative estimate of drug-likeness (QED) is 0.880. The molecule has 1 aromatic heterocycles. The van der Waals surface area contributed by atoms with Crippen LogP contribution in [0.3, 0.4) is 0 Å². The van der Waals surface area contributed by atoms with Gasteiger partial charge in [-0.05, 0) is 19.3 Å². The highest BCUT2D eigenvalue weighted by Gasteiger charge is 2.31. The van der Waals surface area contributed by atoms with E-state index in [2.05, 4.69) is 15.7 Å². The van der Waals surface area contributed by atoms with Crippen molar-refractivity contribution in [3.8, 4) is 0 Å². The molecule has 1 N–H and O–H groups in total. The summed E-state index contributed by atoms with van der Waals surface area (Å²) in [7, 11) is -0.885. The van der Waals surface area contributed by atoms with E-state index in [0.29, 0.717) is 18.2 Å². The van der Waals surface area contributed by atoms with Gasteiger partial charge in [-0.3, -0.25) is 0 Å². The molecule has 1 atom stereocenters. The number of anilines is 1. The summed E-state index contributed by atoms with van der Waals surface area (Å²) in [4.78, 5) is 6.61. The molecule has 0 amide bonds. The van der Waals surface area contributed by atoms with Gasteiger partial charge in [-0.15, -0.1) is 11.3 Å². The molecule has 1 aromatic rings. The minimum Gasteiger partial charge on any atom is -0.347 e. The van der Waals surface area contributed by atoms with Crippen LogP contribution in [0, 0.1) is 0 Å². The third-order valence-corrected chi connectivity index (χ3v) is 6.48. The molecule has 2 fully saturated rings. The number of rotatable bonds is 5. The Kier molecular flexibility index (Phi) is 3.53. The van der Waals surface area contributed by atoms with Gasteiger partial charge in [0.25, 0.3) is 0 Å². The lowest BCUT2D eigenvalue weighted by atomic mass is 10.2. The second-order valence-corrected chi connectivity index (χ2v) is 8.51. The number of aromatic nitrogens is 1. The van der Waals surface area contributed by atoms with E-state index in [1.165, 1.54) is 12.8 Å². The van der Waals surface area contributed by atoms with E-state index in [0.717, 1.165) is 17.4 Å². The summed E-state index contributed by atoms with van der Waals surface area (Å²) in [6.07, 6.45) is 3.27. The normalized spacial score (nSPS) is 25.6. The molecule has 5 nitrogen and oxygen atoms in total. The average Bonchev–Trinajstić information content (AvgIpc) is 2.95. The molecule has 7 heteroatoms. The number of thiazole rings is 1. The molecule has 0 spiro atoms. The van der Waals surface area contributed by atoms with Crippen molar-refractivity contribution in [2.75, 3.05) is 23.5 Å². The van der Waals surface area contributed by atoms with E-state index in [1.807, 2.05) is 11.9 Å². The zero-order valence-electron chi connectivity index (χ0n) is 11.0. The van der Waals surface area contributed by atoms with Crippen LogP contribution in [0.2, 0.25) is 0 Å². The first-order chi connectivity index (χ1) is 9.03. The lowest BCUT2D eigenvalue weighted by molar-refractivity contribution is 0.600. The Morgan fingerprint density at radius 1 is 1.47 bits per heavy atom. The summed E-state index contributed by atoms with van der Waals surface area (Å²) in [6, 6.07) is 0.767. The summed E-state index contributed by atoms with van der Waals surface area (Å²) in [5, 5.41) is 6.42. The molecule has 1 saturated carbocycles. The Hall–Kier alpha value is -0.660. The Bertz CT molecular complexity index is 551. The van der Waals surface area contributed by atoms with Crippen LogP contribution in [-0.4, -0.2) is 44.0 Å².